The Morgan fingerprint density at radius 3 is 2.59 bits per heavy atom. The number of aryl methyl sites for hydroxylation is 1. The zero-order valence-electron chi connectivity index (χ0n) is 20.8. The zero-order chi connectivity index (χ0) is 24.5. The topological polar surface area (TPSA) is 69.6 Å². The molecular weight excluding hydrogens is 448 g/mol. The number of hydrogen-bond acceptors (Lipinski definition) is 2. The Bertz CT molecular complexity index is 1070. The number of benzene rings is 1. The molecule has 4 fully saturated rings. The molecule has 0 aromatic heterocycles. The van der Waals surface area contributed by atoms with Gasteiger partial charge in [0, 0.05) is 11.2 Å². The number of nitrogens with one attached hydrogen (secondary N) is 1. The van der Waals surface area contributed by atoms with Crippen LogP contribution in [0, 0.1) is 16.7 Å². The molecule has 6 rings (SSSR count). The van der Waals surface area contributed by atoms with Crippen molar-refractivity contribution in [1.29, 1.82) is 0 Å². The number of amides is 2. The van der Waals surface area contributed by atoms with Crippen molar-refractivity contribution < 1.29 is 14.7 Å². The van der Waals surface area contributed by atoms with E-state index < -0.39 is 16.9 Å². The van der Waals surface area contributed by atoms with Gasteiger partial charge in [0.15, 0.2) is 0 Å². The summed E-state index contributed by atoms with van der Waals surface area (Å²) in [7, 11) is 0. The number of fused-ring (bicyclic) bond motifs is 2. The average Bonchev–Trinajstić information content (AvgIpc) is 3.30. The minimum absolute atomic E-state index is 0.105. The summed E-state index contributed by atoms with van der Waals surface area (Å²) in [5.41, 5.74) is 2.16. The molecule has 1 aromatic rings. The quantitative estimate of drug-likeness (QED) is 0.492. The van der Waals surface area contributed by atoms with Gasteiger partial charge in [-0.1, -0.05) is 51.4 Å². The second kappa shape index (κ2) is 7.74. The SMILES string of the molecule is CC1CC[C@@]2(c3ccc(CCC(C)(C)C)c(Cl)c3)NC(=O)N(C34CCC(C(=O)O)(C3)C4)C=C2C1. The Morgan fingerprint density at radius 2 is 1.97 bits per heavy atom. The first kappa shape index (κ1) is 23.7. The lowest BCUT2D eigenvalue weighted by Crippen LogP contribution is -2.65. The van der Waals surface area contributed by atoms with Gasteiger partial charge < -0.3 is 10.4 Å². The maximum absolute atomic E-state index is 13.6. The summed E-state index contributed by atoms with van der Waals surface area (Å²) in [5.74, 6) is -0.175. The van der Waals surface area contributed by atoms with Gasteiger partial charge in [-0.2, -0.15) is 0 Å². The summed E-state index contributed by atoms with van der Waals surface area (Å²) in [6.45, 7) is 8.99. The van der Waals surface area contributed by atoms with Gasteiger partial charge in [-0.15, -0.1) is 0 Å². The molecule has 0 saturated heterocycles. The van der Waals surface area contributed by atoms with E-state index in [1.165, 1.54) is 5.57 Å². The van der Waals surface area contributed by atoms with Crippen LogP contribution in [0.2, 0.25) is 5.02 Å². The van der Waals surface area contributed by atoms with Crippen molar-refractivity contribution >= 4 is 23.6 Å². The molecule has 5 nitrogen and oxygen atoms in total. The molecule has 1 aromatic carbocycles. The largest absolute Gasteiger partial charge is 0.481 e. The minimum Gasteiger partial charge on any atom is -0.481 e. The highest BCUT2D eigenvalue weighted by Gasteiger charge is 2.68. The third kappa shape index (κ3) is 3.66. The molecule has 2 N–H and O–H groups in total. The molecule has 6 heteroatoms. The molecule has 184 valence electrons. The van der Waals surface area contributed by atoms with Crippen LogP contribution in [0.5, 0.6) is 0 Å². The molecule has 1 unspecified atom stereocenters. The molecule has 0 radical (unpaired) electrons. The predicted octanol–water partition coefficient (Wildman–Crippen LogP) is 6.64. The first-order valence-corrected chi connectivity index (χ1v) is 13.1. The van der Waals surface area contributed by atoms with E-state index in [-0.39, 0.29) is 17.0 Å². The van der Waals surface area contributed by atoms with Gasteiger partial charge in [0.25, 0.3) is 0 Å². The molecule has 1 aliphatic heterocycles. The maximum atomic E-state index is 13.6. The van der Waals surface area contributed by atoms with Crippen LogP contribution in [0.4, 0.5) is 4.79 Å². The van der Waals surface area contributed by atoms with Gasteiger partial charge in [0.2, 0.25) is 0 Å². The minimum atomic E-state index is -0.715. The predicted molar refractivity (Wildman–Crippen MR) is 134 cm³/mol. The summed E-state index contributed by atoms with van der Waals surface area (Å²) in [6, 6.07) is 6.24. The third-order valence-electron chi connectivity index (χ3n) is 9.01. The van der Waals surface area contributed by atoms with E-state index >= 15 is 0 Å². The Labute approximate surface area is 207 Å². The number of carbonyl (C=O) groups excluding carboxylic acids is 1. The Hall–Kier alpha value is -2.01. The van der Waals surface area contributed by atoms with Crippen molar-refractivity contribution in [2.45, 2.75) is 96.6 Å². The molecule has 2 bridgehead atoms. The number of aliphatic carboxylic acids is 1. The highest BCUT2D eigenvalue weighted by Crippen LogP contribution is 2.65. The lowest BCUT2D eigenvalue weighted by molar-refractivity contribution is -0.156. The fraction of sp³-hybridized carbons (Fsp3) is 0.643. The summed E-state index contributed by atoms with van der Waals surface area (Å²) in [4.78, 5) is 27.2. The van der Waals surface area contributed by atoms with Gasteiger partial charge in [0.05, 0.1) is 16.5 Å². The maximum Gasteiger partial charge on any atom is 0.322 e. The molecule has 5 aliphatic rings. The van der Waals surface area contributed by atoms with E-state index in [4.69, 9.17) is 11.6 Å². The fourth-order valence-electron chi connectivity index (χ4n) is 6.90. The van der Waals surface area contributed by atoms with Crippen LogP contribution in [0.25, 0.3) is 0 Å². The first-order chi connectivity index (χ1) is 15.9. The molecule has 4 saturated carbocycles. The van der Waals surface area contributed by atoms with E-state index in [0.717, 1.165) is 54.7 Å². The highest BCUT2D eigenvalue weighted by atomic mass is 35.5. The van der Waals surface area contributed by atoms with Gasteiger partial charge in [0.1, 0.15) is 0 Å². The molecule has 34 heavy (non-hydrogen) atoms. The van der Waals surface area contributed by atoms with E-state index in [9.17, 15) is 14.7 Å². The molecule has 2 amide bonds. The van der Waals surface area contributed by atoms with Crippen LogP contribution in [-0.4, -0.2) is 27.5 Å². The van der Waals surface area contributed by atoms with E-state index in [1.54, 1.807) is 0 Å². The summed E-state index contributed by atoms with van der Waals surface area (Å²) in [5, 5.41) is 13.9. The van der Waals surface area contributed by atoms with Crippen molar-refractivity contribution in [1.82, 2.24) is 10.2 Å². The molecule has 0 spiro atoms. The van der Waals surface area contributed by atoms with Gasteiger partial charge >= 0.3 is 12.0 Å². The number of hydrogen-bond donors (Lipinski definition) is 2. The van der Waals surface area contributed by atoms with Crippen molar-refractivity contribution in [3.8, 4) is 0 Å². The van der Waals surface area contributed by atoms with Gasteiger partial charge in [-0.25, -0.2) is 4.79 Å². The molecular formula is C28H37ClN2O3. The second-order valence-electron chi connectivity index (χ2n) is 12.7. The number of urea groups is 1. The van der Waals surface area contributed by atoms with Crippen LogP contribution >= 0.6 is 11.6 Å². The van der Waals surface area contributed by atoms with E-state index in [1.807, 2.05) is 4.90 Å². The van der Waals surface area contributed by atoms with Crippen LogP contribution in [-0.2, 0) is 16.8 Å². The zero-order valence-corrected chi connectivity index (χ0v) is 21.6. The second-order valence-corrected chi connectivity index (χ2v) is 13.1. The van der Waals surface area contributed by atoms with Crippen LogP contribution < -0.4 is 5.32 Å². The Kier molecular flexibility index (Phi) is 5.40. The van der Waals surface area contributed by atoms with Gasteiger partial charge in [-0.05, 0) is 91.9 Å². The number of rotatable bonds is 5. The summed E-state index contributed by atoms with van der Waals surface area (Å²) in [6.07, 6.45) is 9.41. The summed E-state index contributed by atoms with van der Waals surface area (Å²) < 4.78 is 0. The lowest BCUT2D eigenvalue weighted by atomic mass is 9.63. The van der Waals surface area contributed by atoms with Crippen molar-refractivity contribution in [3.63, 3.8) is 0 Å². The molecule has 1 heterocycles. The number of halogens is 1. The molecule has 4 aliphatic carbocycles. The normalized spacial score (nSPS) is 34.7. The van der Waals surface area contributed by atoms with Crippen LogP contribution in [0.3, 0.4) is 0 Å². The number of carbonyl (C=O) groups is 2. The average molecular weight is 485 g/mol. The Morgan fingerprint density at radius 1 is 1.24 bits per heavy atom. The number of carboxylic acid groups (broad SMARTS) is 1. The lowest BCUT2D eigenvalue weighted by Gasteiger charge is -2.55. The Balaban J connectivity index is 1.47. The smallest absolute Gasteiger partial charge is 0.322 e. The van der Waals surface area contributed by atoms with Crippen molar-refractivity contribution in [3.05, 3.63) is 46.1 Å². The van der Waals surface area contributed by atoms with E-state index in [0.29, 0.717) is 25.2 Å². The molecule has 2 atom stereocenters. The third-order valence-corrected chi connectivity index (χ3v) is 9.36. The standard InChI is InChI=1S/C28H37ClN2O3/c1-18-7-10-28(20-6-5-19(22(29)14-20)8-9-25(2,3)4)21(13-18)15-31(24(34)30-28)27-12-11-26(16-27,17-27)23(32)33/h5-6,14-15,18H,7-13,16-17H2,1-4H3,(H,30,34)(H,32,33)/t18?,26?,27?,28-/m0/s1. The fourth-order valence-corrected chi connectivity index (χ4v) is 7.18. The van der Waals surface area contributed by atoms with Crippen LogP contribution in [0.15, 0.2) is 30.0 Å². The monoisotopic (exact) mass is 484 g/mol. The number of nitrogens with zero attached hydrogens (tertiary/aromatic N) is 1. The first-order valence-electron chi connectivity index (χ1n) is 12.7. The van der Waals surface area contributed by atoms with Crippen molar-refractivity contribution in [2.75, 3.05) is 0 Å². The number of carboxylic acids is 1. The van der Waals surface area contributed by atoms with E-state index in [2.05, 4.69) is 57.4 Å². The van der Waals surface area contributed by atoms with Gasteiger partial charge in [-0.3, -0.25) is 9.69 Å². The highest BCUT2D eigenvalue weighted by molar-refractivity contribution is 6.31. The van der Waals surface area contributed by atoms with Crippen LogP contribution in [0.1, 0.15) is 90.2 Å². The van der Waals surface area contributed by atoms with Crippen molar-refractivity contribution in [2.24, 2.45) is 16.7 Å². The summed E-state index contributed by atoms with van der Waals surface area (Å²) >= 11 is 6.78.